The molecule has 0 spiro atoms. The standard InChI is InChI=1S/C23H18O4S.C5H11N/c1-2-27-18-10-5-14(6-11-18)22(26)21-19-12-9-17(25)13-20(19)28-23(21)15-3-7-16(24)8-4-15;1-2-4-6-5-3-1/h3-13,24-25H,2H2,1H3;6H,1-5H2. The van der Waals surface area contributed by atoms with Crippen LogP contribution in [0.1, 0.15) is 42.1 Å². The summed E-state index contributed by atoms with van der Waals surface area (Å²) in [6, 6.07) is 18.9. The van der Waals surface area contributed by atoms with Crippen LogP contribution in [0, 0.1) is 0 Å². The number of rotatable bonds is 5. The van der Waals surface area contributed by atoms with Gasteiger partial charge < -0.3 is 20.3 Å². The molecule has 1 aliphatic heterocycles. The van der Waals surface area contributed by atoms with Crippen molar-refractivity contribution in [3.05, 3.63) is 77.9 Å². The number of nitrogens with one attached hydrogen (secondary N) is 1. The van der Waals surface area contributed by atoms with Crippen LogP contribution in [0.5, 0.6) is 17.2 Å². The summed E-state index contributed by atoms with van der Waals surface area (Å²) >= 11 is 1.44. The lowest BCUT2D eigenvalue weighted by molar-refractivity contribution is 0.104. The number of carbonyl (C=O) groups is 1. The molecule has 1 saturated heterocycles. The summed E-state index contributed by atoms with van der Waals surface area (Å²) in [7, 11) is 0. The summed E-state index contributed by atoms with van der Waals surface area (Å²) in [4.78, 5) is 14.2. The fraction of sp³-hybridized carbons (Fsp3) is 0.250. The van der Waals surface area contributed by atoms with Crippen LogP contribution in [0.2, 0.25) is 0 Å². The van der Waals surface area contributed by atoms with Gasteiger partial charge in [0.25, 0.3) is 0 Å². The molecule has 5 nitrogen and oxygen atoms in total. The molecule has 3 N–H and O–H groups in total. The number of fused-ring (bicyclic) bond motifs is 1. The van der Waals surface area contributed by atoms with Gasteiger partial charge in [0, 0.05) is 26.1 Å². The van der Waals surface area contributed by atoms with E-state index in [2.05, 4.69) is 5.32 Å². The van der Waals surface area contributed by atoms with Crippen LogP contribution in [-0.2, 0) is 0 Å². The molecule has 6 heteroatoms. The molecule has 34 heavy (non-hydrogen) atoms. The molecule has 0 saturated carbocycles. The maximum Gasteiger partial charge on any atom is 0.195 e. The monoisotopic (exact) mass is 475 g/mol. The first-order valence-corrected chi connectivity index (χ1v) is 12.4. The number of piperidine rings is 1. The Labute approximate surface area is 203 Å². The minimum atomic E-state index is -0.0944. The molecule has 5 rings (SSSR count). The van der Waals surface area contributed by atoms with Gasteiger partial charge in [-0.1, -0.05) is 6.42 Å². The molecule has 1 aliphatic rings. The summed E-state index contributed by atoms with van der Waals surface area (Å²) in [5.41, 5.74) is 2.00. The van der Waals surface area contributed by atoms with Gasteiger partial charge in [0.1, 0.15) is 17.2 Å². The molecule has 1 aromatic heterocycles. The van der Waals surface area contributed by atoms with Gasteiger partial charge in [-0.25, -0.2) is 0 Å². The van der Waals surface area contributed by atoms with Crippen molar-refractivity contribution in [2.24, 2.45) is 0 Å². The summed E-state index contributed by atoms with van der Waals surface area (Å²) in [5.74, 6) is 0.953. The maximum atomic E-state index is 13.4. The van der Waals surface area contributed by atoms with Crippen molar-refractivity contribution in [1.29, 1.82) is 0 Å². The normalized spacial score (nSPS) is 13.2. The van der Waals surface area contributed by atoms with Crippen molar-refractivity contribution < 1.29 is 19.7 Å². The first kappa shape index (κ1) is 23.8. The Balaban J connectivity index is 0.000000398. The van der Waals surface area contributed by atoms with E-state index < -0.39 is 0 Å². The smallest absolute Gasteiger partial charge is 0.195 e. The lowest BCUT2D eigenvalue weighted by Gasteiger charge is -2.08. The minimum Gasteiger partial charge on any atom is -0.508 e. The second kappa shape index (κ2) is 11.2. The second-order valence-electron chi connectivity index (χ2n) is 8.13. The van der Waals surface area contributed by atoms with Crippen LogP contribution in [0.3, 0.4) is 0 Å². The molecule has 4 aromatic rings. The molecule has 0 unspecified atom stereocenters. The zero-order chi connectivity index (χ0) is 23.9. The number of hydrogen-bond acceptors (Lipinski definition) is 6. The fourth-order valence-electron chi connectivity index (χ4n) is 3.94. The highest BCUT2D eigenvalue weighted by molar-refractivity contribution is 7.22. The predicted molar refractivity (Wildman–Crippen MR) is 138 cm³/mol. The molecule has 0 aliphatic carbocycles. The number of aromatic hydroxyl groups is 2. The molecule has 3 aromatic carbocycles. The predicted octanol–water partition coefficient (Wildman–Crippen LogP) is 6.37. The zero-order valence-corrected chi connectivity index (χ0v) is 20.0. The molecule has 0 bridgehead atoms. The molecule has 2 heterocycles. The van der Waals surface area contributed by atoms with Crippen LogP contribution in [-0.4, -0.2) is 35.7 Å². The van der Waals surface area contributed by atoms with E-state index in [-0.39, 0.29) is 17.3 Å². The Bertz CT molecular complexity index is 1230. The Morgan fingerprint density at radius 2 is 1.59 bits per heavy atom. The summed E-state index contributed by atoms with van der Waals surface area (Å²) in [6.45, 7) is 4.98. The zero-order valence-electron chi connectivity index (χ0n) is 19.2. The van der Waals surface area contributed by atoms with Crippen molar-refractivity contribution in [2.75, 3.05) is 19.7 Å². The van der Waals surface area contributed by atoms with Crippen LogP contribution < -0.4 is 10.1 Å². The number of carbonyl (C=O) groups excluding carboxylic acids is 1. The first-order chi connectivity index (χ1) is 16.6. The second-order valence-corrected chi connectivity index (χ2v) is 9.18. The summed E-state index contributed by atoms with van der Waals surface area (Å²) < 4.78 is 6.29. The maximum absolute atomic E-state index is 13.4. The van der Waals surface area contributed by atoms with Crippen LogP contribution in [0.4, 0.5) is 0 Å². The number of phenolic OH excluding ortho intramolecular Hbond substituents is 2. The highest BCUT2D eigenvalue weighted by atomic mass is 32.1. The topological polar surface area (TPSA) is 78.8 Å². The summed E-state index contributed by atoms with van der Waals surface area (Å²) in [6.07, 6.45) is 4.22. The molecule has 0 amide bonds. The lowest BCUT2D eigenvalue weighted by atomic mass is 9.97. The van der Waals surface area contributed by atoms with E-state index in [9.17, 15) is 15.0 Å². The number of ether oxygens (including phenoxy) is 1. The Hall–Kier alpha value is -3.35. The van der Waals surface area contributed by atoms with E-state index in [0.29, 0.717) is 17.7 Å². The van der Waals surface area contributed by atoms with Crippen molar-refractivity contribution in [3.8, 4) is 27.7 Å². The molecule has 176 valence electrons. The number of ketones is 1. The molecule has 1 fully saturated rings. The minimum absolute atomic E-state index is 0.0944. The third-order valence-electron chi connectivity index (χ3n) is 5.66. The number of hydrogen-bond donors (Lipinski definition) is 3. The van der Waals surface area contributed by atoms with E-state index in [1.54, 1.807) is 66.7 Å². The third-order valence-corrected chi connectivity index (χ3v) is 6.87. The quantitative estimate of drug-likeness (QED) is 0.292. The molecule has 0 atom stereocenters. The first-order valence-electron chi connectivity index (χ1n) is 11.6. The van der Waals surface area contributed by atoms with Crippen LogP contribution in [0.15, 0.2) is 66.7 Å². The van der Waals surface area contributed by atoms with Gasteiger partial charge in [-0.2, -0.15) is 0 Å². The van der Waals surface area contributed by atoms with Gasteiger partial charge in [-0.05, 0) is 105 Å². The van der Waals surface area contributed by atoms with Gasteiger partial charge in [-0.3, -0.25) is 4.79 Å². The fourth-order valence-corrected chi connectivity index (χ4v) is 5.18. The highest BCUT2D eigenvalue weighted by Gasteiger charge is 2.22. The highest BCUT2D eigenvalue weighted by Crippen LogP contribution is 2.41. The number of benzene rings is 3. The third kappa shape index (κ3) is 5.58. The lowest BCUT2D eigenvalue weighted by Crippen LogP contribution is -2.21. The number of phenols is 2. The number of thiophene rings is 1. The van der Waals surface area contributed by atoms with Gasteiger partial charge >= 0.3 is 0 Å². The van der Waals surface area contributed by atoms with E-state index in [1.165, 1.54) is 43.7 Å². The Morgan fingerprint density at radius 1 is 0.912 bits per heavy atom. The van der Waals surface area contributed by atoms with Crippen molar-refractivity contribution in [3.63, 3.8) is 0 Å². The van der Waals surface area contributed by atoms with E-state index in [4.69, 9.17) is 4.74 Å². The van der Waals surface area contributed by atoms with Crippen molar-refractivity contribution in [2.45, 2.75) is 26.2 Å². The van der Waals surface area contributed by atoms with E-state index in [0.717, 1.165) is 26.3 Å². The van der Waals surface area contributed by atoms with E-state index in [1.807, 2.05) is 6.92 Å². The molecule has 0 radical (unpaired) electrons. The van der Waals surface area contributed by atoms with Crippen LogP contribution in [0.25, 0.3) is 20.5 Å². The largest absolute Gasteiger partial charge is 0.508 e. The summed E-state index contributed by atoms with van der Waals surface area (Å²) in [5, 5.41) is 23.5. The SMILES string of the molecule is C1CCNCC1.CCOc1ccc(C(=O)c2c(-c3ccc(O)cc3)sc3cc(O)ccc23)cc1. The van der Waals surface area contributed by atoms with Crippen LogP contribution >= 0.6 is 11.3 Å². The average Bonchev–Trinajstić information content (AvgIpc) is 3.24. The van der Waals surface area contributed by atoms with Crippen molar-refractivity contribution in [1.82, 2.24) is 5.32 Å². The average molecular weight is 476 g/mol. The van der Waals surface area contributed by atoms with Gasteiger partial charge in [-0.15, -0.1) is 11.3 Å². The van der Waals surface area contributed by atoms with E-state index >= 15 is 0 Å². The van der Waals surface area contributed by atoms with Gasteiger partial charge in [0.05, 0.1) is 6.61 Å². The Morgan fingerprint density at radius 3 is 2.18 bits per heavy atom. The Kier molecular flexibility index (Phi) is 7.83. The van der Waals surface area contributed by atoms with Crippen molar-refractivity contribution >= 4 is 27.2 Å². The van der Waals surface area contributed by atoms with Gasteiger partial charge in [0.15, 0.2) is 5.78 Å². The molecular weight excluding hydrogens is 446 g/mol. The molecular formula is C28H29NO4S. The van der Waals surface area contributed by atoms with Gasteiger partial charge in [0.2, 0.25) is 0 Å².